The van der Waals surface area contributed by atoms with Gasteiger partial charge in [-0.05, 0) is 39.0 Å². The quantitative estimate of drug-likeness (QED) is 0.446. The second-order valence-corrected chi connectivity index (χ2v) is 6.76. The molecule has 4 N–H and O–H groups in total. The molecule has 0 aromatic heterocycles. The summed E-state index contributed by atoms with van der Waals surface area (Å²) in [5.74, 6) is 0. The first-order chi connectivity index (χ1) is 6.12. The molecule has 0 atom stereocenters. The summed E-state index contributed by atoms with van der Waals surface area (Å²) in [6.07, 6.45) is 1.80. The van der Waals surface area contributed by atoms with Gasteiger partial charge in [-0.25, -0.2) is 0 Å². The molecule has 0 spiro atoms. The van der Waals surface area contributed by atoms with E-state index in [-0.39, 0.29) is 0 Å². The van der Waals surface area contributed by atoms with Crippen molar-refractivity contribution in [2.45, 2.75) is 25.9 Å². The van der Waals surface area contributed by atoms with Gasteiger partial charge in [-0.1, -0.05) is 0 Å². The molecule has 0 saturated heterocycles. The Morgan fingerprint density at radius 2 is 1.31 bits per heavy atom. The van der Waals surface area contributed by atoms with Gasteiger partial charge in [-0.2, -0.15) is 0 Å². The average Bonchev–Trinajstić information content (AvgIpc) is 2.05. The Morgan fingerprint density at radius 3 is 1.62 bits per heavy atom. The van der Waals surface area contributed by atoms with Crippen molar-refractivity contribution < 1.29 is 8.85 Å². The number of hydrogen-bond donors (Lipinski definition) is 2. The first-order valence-corrected chi connectivity index (χ1v) is 7.62. The SMILES string of the molecule is C[Si](C)(OCCCN)OCCCN. The van der Waals surface area contributed by atoms with Crippen LogP contribution in [0, 0.1) is 0 Å². The van der Waals surface area contributed by atoms with E-state index in [0.717, 1.165) is 12.8 Å². The van der Waals surface area contributed by atoms with Gasteiger partial charge < -0.3 is 20.3 Å². The smallest absolute Gasteiger partial charge is 0.331 e. The minimum atomic E-state index is -1.89. The molecule has 0 bridgehead atoms. The Balaban J connectivity index is 3.42. The van der Waals surface area contributed by atoms with E-state index in [2.05, 4.69) is 0 Å². The van der Waals surface area contributed by atoms with Crippen LogP contribution in [0.25, 0.3) is 0 Å². The van der Waals surface area contributed by atoms with Crippen molar-refractivity contribution in [3.63, 3.8) is 0 Å². The third-order valence-electron chi connectivity index (χ3n) is 1.60. The van der Waals surface area contributed by atoms with E-state index in [1.165, 1.54) is 0 Å². The van der Waals surface area contributed by atoms with Gasteiger partial charge in [-0.15, -0.1) is 0 Å². The van der Waals surface area contributed by atoms with Crippen molar-refractivity contribution in [1.82, 2.24) is 0 Å². The lowest BCUT2D eigenvalue weighted by molar-refractivity contribution is 0.177. The van der Waals surface area contributed by atoms with Crippen LogP contribution in [0.5, 0.6) is 0 Å². The fourth-order valence-corrected chi connectivity index (χ4v) is 2.20. The molecular formula is C8H22N2O2Si. The number of nitrogens with two attached hydrogens (primary N) is 2. The average molecular weight is 206 g/mol. The predicted octanol–water partition coefficient (Wildman–Crippen LogP) is 0.419. The highest BCUT2D eigenvalue weighted by Crippen LogP contribution is 2.06. The molecule has 0 heterocycles. The highest BCUT2D eigenvalue weighted by atomic mass is 28.4. The molecule has 0 aromatic rings. The van der Waals surface area contributed by atoms with Crippen molar-refractivity contribution in [3.05, 3.63) is 0 Å². The van der Waals surface area contributed by atoms with Crippen LogP contribution in [0.3, 0.4) is 0 Å². The van der Waals surface area contributed by atoms with E-state index in [0.29, 0.717) is 26.3 Å². The number of rotatable bonds is 8. The molecule has 80 valence electrons. The molecule has 0 saturated carbocycles. The largest absolute Gasteiger partial charge is 0.394 e. The third kappa shape index (κ3) is 8.39. The molecule has 0 aliphatic rings. The summed E-state index contributed by atoms with van der Waals surface area (Å²) in [6.45, 7) is 6.84. The maximum absolute atomic E-state index is 5.61. The van der Waals surface area contributed by atoms with Crippen LogP contribution in [0.15, 0.2) is 0 Å². The molecule has 0 aliphatic carbocycles. The Hall–Kier alpha value is 0.0569. The van der Waals surface area contributed by atoms with Crippen LogP contribution in [-0.4, -0.2) is 34.9 Å². The third-order valence-corrected chi connectivity index (χ3v) is 3.39. The van der Waals surface area contributed by atoms with Gasteiger partial charge in [-0.3, -0.25) is 0 Å². The predicted molar refractivity (Wildman–Crippen MR) is 56.7 cm³/mol. The molecule has 0 rings (SSSR count). The zero-order valence-electron chi connectivity index (χ0n) is 8.71. The van der Waals surface area contributed by atoms with Crippen molar-refractivity contribution >= 4 is 8.56 Å². The van der Waals surface area contributed by atoms with Gasteiger partial charge in [0.1, 0.15) is 0 Å². The summed E-state index contributed by atoms with van der Waals surface area (Å²) in [5, 5.41) is 0. The zero-order valence-corrected chi connectivity index (χ0v) is 9.71. The highest BCUT2D eigenvalue weighted by molar-refractivity contribution is 6.64. The lowest BCUT2D eigenvalue weighted by Gasteiger charge is -2.22. The summed E-state index contributed by atoms with van der Waals surface area (Å²) < 4.78 is 11.2. The minimum absolute atomic E-state index is 0.674. The molecule has 0 amide bonds. The molecule has 4 nitrogen and oxygen atoms in total. The maximum Gasteiger partial charge on any atom is 0.331 e. The maximum atomic E-state index is 5.61. The fourth-order valence-electron chi connectivity index (χ4n) is 0.844. The Kier molecular flexibility index (Phi) is 7.49. The summed E-state index contributed by atoms with van der Waals surface area (Å²) in [7, 11) is -1.89. The molecule has 13 heavy (non-hydrogen) atoms. The lowest BCUT2D eigenvalue weighted by Crippen LogP contribution is -2.36. The van der Waals surface area contributed by atoms with Gasteiger partial charge in [0.15, 0.2) is 0 Å². The van der Waals surface area contributed by atoms with Crippen molar-refractivity contribution in [3.8, 4) is 0 Å². The van der Waals surface area contributed by atoms with Crippen LogP contribution >= 0.6 is 0 Å². The molecule has 5 heteroatoms. The van der Waals surface area contributed by atoms with Gasteiger partial charge >= 0.3 is 8.56 Å². The van der Waals surface area contributed by atoms with Crippen molar-refractivity contribution in [2.24, 2.45) is 11.5 Å². The van der Waals surface area contributed by atoms with Gasteiger partial charge in [0.2, 0.25) is 0 Å². The second-order valence-electron chi connectivity index (χ2n) is 3.38. The van der Waals surface area contributed by atoms with E-state index in [9.17, 15) is 0 Å². The zero-order chi connectivity index (χ0) is 10.2. The van der Waals surface area contributed by atoms with E-state index < -0.39 is 8.56 Å². The summed E-state index contributed by atoms with van der Waals surface area (Å²) in [5.41, 5.74) is 10.7. The topological polar surface area (TPSA) is 70.5 Å². The van der Waals surface area contributed by atoms with Crippen LogP contribution in [0.2, 0.25) is 13.1 Å². The highest BCUT2D eigenvalue weighted by Gasteiger charge is 2.23. The van der Waals surface area contributed by atoms with Crippen molar-refractivity contribution in [1.29, 1.82) is 0 Å². The summed E-state index contributed by atoms with van der Waals surface area (Å²) >= 11 is 0. The first-order valence-electron chi connectivity index (χ1n) is 4.80. The molecule has 0 fully saturated rings. The minimum Gasteiger partial charge on any atom is -0.394 e. The molecule has 0 radical (unpaired) electrons. The van der Waals surface area contributed by atoms with Gasteiger partial charge in [0.25, 0.3) is 0 Å². The molecule has 0 aromatic carbocycles. The fraction of sp³-hybridized carbons (Fsp3) is 1.00. The Labute approximate surface area is 81.8 Å². The van der Waals surface area contributed by atoms with Crippen LogP contribution in [-0.2, 0) is 8.85 Å². The van der Waals surface area contributed by atoms with Crippen molar-refractivity contribution in [2.75, 3.05) is 26.3 Å². The molecule has 0 aliphatic heterocycles. The van der Waals surface area contributed by atoms with Crippen LogP contribution in [0.1, 0.15) is 12.8 Å². The number of hydrogen-bond acceptors (Lipinski definition) is 4. The summed E-state index contributed by atoms with van der Waals surface area (Å²) in [6, 6.07) is 0. The molecule has 0 unspecified atom stereocenters. The second kappa shape index (κ2) is 7.46. The monoisotopic (exact) mass is 206 g/mol. The van der Waals surface area contributed by atoms with E-state index in [1.807, 2.05) is 13.1 Å². The Morgan fingerprint density at radius 1 is 0.923 bits per heavy atom. The van der Waals surface area contributed by atoms with E-state index in [4.69, 9.17) is 20.3 Å². The normalized spacial score (nSPS) is 12.0. The van der Waals surface area contributed by atoms with Crippen LogP contribution < -0.4 is 11.5 Å². The Bertz CT molecular complexity index is 111. The van der Waals surface area contributed by atoms with Crippen LogP contribution in [0.4, 0.5) is 0 Å². The van der Waals surface area contributed by atoms with E-state index in [1.54, 1.807) is 0 Å². The van der Waals surface area contributed by atoms with Gasteiger partial charge in [0.05, 0.1) is 0 Å². The lowest BCUT2D eigenvalue weighted by atomic mass is 10.5. The standard InChI is InChI=1S/C8H22N2O2Si/c1-13(2,11-7-3-5-9)12-8-4-6-10/h3-10H2,1-2H3. The first kappa shape index (κ1) is 13.1. The van der Waals surface area contributed by atoms with E-state index >= 15 is 0 Å². The molecular weight excluding hydrogens is 184 g/mol. The summed E-state index contributed by atoms with van der Waals surface area (Å²) in [4.78, 5) is 0. The van der Waals surface area contributed by atoms with Gasteiger partial charge in [0, 0.05) is 13.2 Å².